The van der Waals surface area contributed by atoms with Gasteiger partial charge in [-0.1, -0.05) is 74.4 Å². The zero-order valence-electron chi connectivity index (χ0n) is 16.1. The highest BCUT2D eigenvalue weighted by Gasteiger charge is 2.58. The maximum Gasteiger partial charge on any atom is 0.238 e. The van der Waals surface area contributed by atoms with Gasteiger partial charge in [0.05, 0.1) is 4.90 Å². The fourth-order valence-electron chi connectivity index (χ4n) is 5.57. The van der Waals surface area contributed by atoms with Crippen molar-refractivity contribution in [3.05, 3.63) is 29.8 Å². The topological polar surface area (TPSA) is 60.2 Å². The van der Waals surface area contributed by atoms with Crippen molar-refractivity contribution in [2.45, 2.75) is 72.6 Å². The molecule has 3 nitrogen and oxygen atoms in total. The third-order valence-electron chi connectivity index (χ3n) is 4.99. The molecule has 0 aromatic heterocycles. The minimum atomic E-state index is -3.67. The molecule has 2 N–H and O–H groups in total. The van der Waals surface area contributed by atoms with Crippen LogP contribution in [0.1, 0.15) is 67.9 Å². The summed E-state index contributed by atoms with van der Waals surface area (Å²) in [5.74, 6) is 0. The molecule has 0 spiro atoms. The van der Waals surface area contributed by atoms with Crippen LogP contribution in [-0.2, 0) is 15.4 Å². The van der Waals surface area contributed by atoms with Gasteiger partial charge in [0.15, 0.2) is 0 Å². The van der Waals surface area contributed by atoms with Crippen LogP contribution >= 0.6 is 0 Å². The molecule has 0 saturated carbocycles. The van der Waals surface area contributed by atoms with E-state index >= 15 is 0 Å². The summed E-state index contributed by atoms with van der Waals surface area (Å²) in [6.07, 6.45) is 0. The molecule has 1 rings (SSSR count). The Morgan fingerprint density at radius 2 is 1.00 bits per heavy atom. The van der Waals surface area contributed by atoms with Gasteiger partial charge in [0.2, 0.25) is 10.0 Å². The maximum absolute atomic E-state index is 11.6. The van der Waals surface area contributed by atoms with Gasteiger partial charge < -0.3 is 0 Å². The van der Waals surface area contributed by atoms with Gasteiger partial charge in [-0.05, 0) is 33.9 Å². The van der Waals surface area contributed by atoms with E-state index in [2.05, 4.69) is 62.3 Å². The zero-order valence-corrected chi connectivity index (χ0v) is 16.9. The lowest BCUT2D eigenvalue weighted by Crippen LogP contribution is -2.58. The van der Waals surface area contributed by atoms with Crippen LogP contribution in [-0.4, -0.2) is 8.42 Å². The molecule has 23 heavy (non-hydrogen) atoms. The van der Waals surface area contributed by atoms with Crippen LogP contribution in [0.15, 0.2) is 29.2 Å². The first-order valence-corrected chi connectivity index (χ1v) is 9.64. The maximum atomic E-state index is 11.6. The van der Waals surface area contributed by atoms with Crippen LogP contribution in [0.5, 0.6) is 0 Å². The van der Waals surface area contributed by atoms with E-state index in [1.807, 2.05) is 12.1 Å². The lowest BCUT2D eigenvalue weighted by molar-refractivity contribution is -0.0443. The van der Waals surface area contributed by atoms with Gasteiger partial charge in [-0.15, -0.1) is 0 Å². The Labute approximate surface area is 142 Å². The van der Waals surface area contributed by atoms with Crippen molar-refractivity contribution in [3.8, 4) is 0 Å². The molecule has 0 amide bonds. The first-order chi connectivity index (χ1) is 9.96. The van der Waals surface area contributed by atoms with Gasteiger partial charge in [0, 0.05) is 5.41 Å². The molecule has 1 aromatic rings. The molecule has 1 aromatic carbocycles. The highest BCUT2D eigenvalue weighted by atomic mass is 32.2. The highest BCUT2D eigenvalue weighted by molar-refractivity contribution is 7.89. The Bertz CT molecular complexity index is 615. The second-order valence-electron chi connectivity index (χ2n) is 9.57. The zero-order chi connectivity index (χ0) is 18.5. The van der Waals surface area contributed by atoms with Gasteiger partial charge in [-0.2, -0.15) is 0 Å². The van der Waals surface area contributed by atoms with Crippen LogP contribution in [0.4, 0.5) is 0 Å². The van der Waals surface area contributed by atoms with E-state index in [0.29, 0.717) is 0 Å². The number of hydrogen-bond acceptors (Lipinski definition) is 2. The van der Waals surface area contributed by atoms with Gasteiger partial charge in [0.25, 0.3) is 0 Å². The number of rotatable bonds is 2. The SMILES string of the molecule is CC(C)(C)C(c1ccc(S(N)(=O)=O)cc1)(C(C)(C)C)C(C)(C)C. The molecule has 0 aliphatic carbocycles. The molecule has 132 valence electrons. The summed E-state index contributed by atoms with van der Waals surface area (Å²) >= 11 is 0. The van der Waals surface area contributed by atoms with Crippen LogP contribution in [0.3, 0.4) is 0 Å². The van der Waals surface area contributed by atoms with Crippen molar-refractivity contribution in [3.63, 3.8) is 0 Å². The predicted molar refractivity (Wildman–Crippen MR) is 97.9 cm³/mol. The lowest BCUT2D eigenvalue weighted by Gasteiger charge is -2.61. The molecule has 0 aliphatic rings. The minimum absolute atomic E-state index is 0.0212. The molecule has 0 unspecified atom stereocenters. The van der Waals surface area contributed by atoms with Crippen molar-refractivity contribution in [2.75, 3.05) is 0 Å². The summed E-state index contributed by atoms with van der Waals surface area (Å²) in [7, 11) is -3.67. The van der Waals surface area contributed by atoms with Gasteiger partial charge >= 0.3 is 0 Å². The molecule has 0 atom stereocenters. The molecule has 4 heteroatoms. The molecular formula is C19H33NO2S. The summed E-state index contributed by atoms with van der Waals surface area (Å²) in [6.45, 7) is 20.3. The van der Waals surface area contributed by atoms with E-state index in [9.17, 15) is 8.42 Å². The number of benzene rings is 1. The summed E-state index contributed by atoms with van der Waals surface area (Å²) < 4.78 is 23.1. The second kappa shape index (κ2) is 5.59. The molecular weight excluding hydrogens is 306 g/mol. The normalized spacial score (nSPS) is 14.9. The minimum Gasteiger partial charge on any atom is -0.225 e. The van der Waals surface area contributed by atoms with Crippen molar-refractivity contribution in [1.82, 2.24) is 0 Å². The molecule has 0 radical (unpaired) electrons. The van der Waals surface area contributed by atoms with E-state index in [0.717, 1.165) is 5.56 Å². The molecule has 0 fully saturated rings. The molecule has 0 aliphatic heterocycles. The summed E-state index contributed by atoms with van der Waals surface area (Å²) in [6, 6.07) is 7.12. The van der Waals surface area contributed by atoms with E-state index in [1.165, 1.54) is 0 Å². The highest BCUT2D eigenvalue weighted by Crippen LogP contribution is 2.62. The van der Waals surface area contributed by atoms with Gasteiger partial charge in [0.1, 0.15) is 0 Å². The van der Waals surface area contributed by atoms with Crippen LogP contribution in [0.2, 0.25) is 0 Å². The predicted octanol–water partition coefficient (Wildman–Crippen LogP) is 4.71. The molecule has 0 heterocycles. The van der Waals surface area contributed by atoms with Crippen LogP contribution in [0.25, 0.3) is 0 Å². The average Bonchev–Trinajstić information content (AvgIpc) is 2.22. The van der Waals surface area contributed by atoms with E-state index < -0.39 is 10.0 Å². The Balaban J connectivity index is 3.80. The summed E-state index contributed by atoms with van der Waals surface area (Å²) in [5, 5.41) is 5.25. The average molecular weight is 340 g/mol. The first kappa shape index (κ1) is 20.2. The first-order valence-electron chi connectivity index (χ1n) is 8.09. The van der Waals surface area contributed by atoms with Gasteiger partial charge in [-0.3, -0.25) is 0 Å². The van der Waals surface area contributed by atoms with Crippen molar-refractivity contribution >= 4 is 10.0 Å². The number of sulfonamides is 1. The van der Waals surface area contributed by atoms with E-state index in [-0.39, 0.29) is 26.6 Å². The third-order valence-corrected chi connectivity index (χ3v) is 5.92. The Hall–Kier alpha value is -0.870. The monoisotopic (exact) mass is 339 g/mol. The quantitative estimate of drug-likeness (QED) is 0.848. The third kappa shape index (κ3) is 3.34. The largest absolute Gasteiger partial charge is 0.238 e. The summed E-state index contributed by atoms with van der Waals surface area (Å²) in [5.41, 5.74) is 0.924. The van der Waals surface area contributed by atoms with Crippen molar-refractivity contribution in [1.29, 1.82) is 0 Å². The molecule has 0 saturated heterocycles. The lowest BCUT2D eigenvalue weighted by atomic mass is 9.42. The van der Waals surface area contributed by atoms with Crippen LogP contribution in [0, 0.1) is 16.2 Å². The fraction of sp³-hybridized carbons (Fsp3) is 0.684. The Kier molecular flexibility index (Phi) is 4.91. The second-order valence-corrected chi connectivity index (χ2v) is 11.1. The Morgan fingerprint density at radius 1 is 0.696 bits per heavy atom. The van der Waals surface area contributed by atoms with Crippen LogP contribution < -0.4 is 5.14 Å². The standard InChI is InChI=1S/C19H33NO2S/c1-16(2,3)19(17(4,5)6,18(7,8)9)14-10-12-15(13-11-14)23(20,21)22/h10-13H,1-9H3,(H2,20,21,22). The number of primary sulfonamides is 1. The number of nitrogens with two attached hydrogens (primary N) is 1. The van der Waals surface area contributed by atoms with E-state index in [1.54, 1.807) is 12.1 Å². The van der Waals surface area contributed by atoms with Crippen molar-refractivity contribution in [2.24, 2.45) is 21.4 Å². The summed E-state index contributed by atoms with van der Waals surface area (Å²) in [4.78, 5) is 0.159. The van der Waals surface area contributed by atoms with Gasteiger partial charge in [-0.25, -0.2) is 13.6 Å². The Morgan fingerprint density at radius 3 is 1.22 bits per heavy atom. The van der Waals surface area contributed by atoms with Crippen molar-refractivity contribution < 1.29 is 8.42 Å². The number of hydrogen-bond donors (Lipinski definition) is 1. The molecule has 0 bridgehead atoms. The fourth-order valence-corrected chi connectivity index (χ4v) is 6.08. The smallest absolute Gasteiger partial charge is 0.225 e. The van der Waals surface area contributed by atoms with E-state index in [4.69, 9.17) is 5.14 Å².